The number of rotatable bonds is 3. The van der Waals surface area contributed by atoms with Crippen LogP contribution in [-0.4, -0.2) is 15.0 Å². The molecule has 0 radical (unpaired) electrons. The zero-order valence-electron chi connectivity index (χ0n) is 12.4. The fourth-order valence-corrected chi connectivity index (χ4v) is 3.74. The smallest absolute Gasteiger partial charge is 0.216 e. The van der Waals surface area contributed by atoms with E-state index in [1.54, 1.807) is 18.2 Å². The van der Waals surface area contributed by atoms with Gasteiger partial charge in [0.25, 0.3) is 0 Å². The van der Waals surface area contributed by atoms with Crippen LogP contribution in [0.25, 0.3) is 6.08 Å². The van der Waals surface area contributed by atoms with Crippen molar-refractivity contribution < 1.29 is 13.2 Å². The minimum absolute atomic E-state index is 0.0798. The lowest BCUT2D eigenvalue weighted by molar-refractivity contribution is 0.351. The molecule has 0 amide bonds. The topological polar surface area (TPSA) is 67.2 Å². The molecule has 0 spiro atoms. The first-order chi connectivity index (χ1) is 11.5. The number of nitrogens with zero attached hydrogens (tertiary/aromatic N) is 1. The second-order valence-electron chi connectivity index (χ2n) is 5.12. The molecule has 3 rings (SSSR count). The van der Waals surface area contributed by atoms with Crippen molar-refractivity contribution in [3.63, 3.8) is 0 Å². The fourth-order valence-electron chi connectivity index (χ4n) is 2.30. The Morgan fingerprint density at radius 1 is 1.17 bits per heavy atom. The molecule has 120 valence electrons. The number of ether oxygens (including phenoxy) is 1. The van der Waals surface area contributed by atoms with E-state index in [1.165, 1.54) is 18.2 Å². The molecule has 2 aromatic carbocycles. The van der Waals surface area contributed by atoms with Crippen LogP contribution in [0.4, 0.5) is 0 Å². The Kier molecular flexibility index (Phi) is 4.56. The van der Waals surface area contributed by atoms with Crippen LogP contribution in [0.15, 0.2) is 74.5 Å². The predicted molar refractivity (Wildman–Crippen MR) is 94.9 cm³/mol. The van der Waals surface area contributed by atoms with Gasteiger partial charge in [-0.1, -0.05) is 34.1 Å². The monoisotopic (exact) mass is 401 g/mol. The summed E-state index contributed by atoms with van der Waals surface area (Å²) in [6.45, 7) is 0.220. The summed E-state index contributed by atoms with van der Waals surface area (Å²) >= 11 is 3.26. The molecule has 1 aliphatic heterocycles. The van der Waals surface area contributed by atoms with Gasteiger partial charge in [-0.2, -0.15) is 5.26 Å². The van der Waals surface area contributed by atoms with Crippen LogP contribution < -0.4 is 4.74 Å². The zero-order chi connectivity index (χ0) is 17.2. The first-order valence-electron chi connectivity index (χ1n) is 7.05. The summed E-state index contributed by atoms with van der Waals surface area (Å²) < 4.78 is 31.6. The summed E-state index contributed by atoms with van der Waals surface area (Å²) in [6, 6.07) is 15.4. The molecule has 0 aliphatic carbocycles. The number of hydrogen-bond donors (Lipinski definition) is 0. The second kappa shape index (κ2) is 6.63. The molecule has 0 aromatic heterocycles. The van der Waals surface area contributed by atoms with Crippen molar-refractivity contribution in [2.45, 2.75) is 4.90 Å². The van der Waals surface area contributed by atoms with Crippen molar-refractivity contribution in [3.05, 3.63) is 75.1 Å². The van der Waals surface area contributed by atoms with Crippen LogP contribution >= 0.6 is 15.9 Å². The fraction of sp³-hybridized carbons (Fsp3) is 0.0556. The number of nitriles is 1. The van der Waals surface area contributed by atoms with Gasteiger partial charge in [-0.15, -0.1) is 0 Å². The number of allylic oxidation sites excluding steroid dienone is 1. The summed E-state index contributed by atoms with van der Waals surface area (Å²) in [5.74, 6) is 0.740. The van der Waals surface area contributed by atoms with Gasteiger partial charge in [0.2, 0.25) is 9.84 Å². The Morgan fingerprint density at radius 2 is 1.88 bits per heavy atom. The summed E-state index contributed by atoms with van der Waals surface area (Å²) in [7, 11) is -3.86. The van der Waals surface area contributed by atoms with Gasteiger partial charge in [0.1, 0.15) is 23.3 Å². The molecule has 0 N–H and O–H groups in total. The van der Waals surface area contributed by atoms with E-state index < -0.39 is 9.84 Å². The normalized spacial score (nSPS) is 14.2. The van der Waals surface area contributed by atoms with Gasteiger partial charge < -0.3 is 4.74 Å². The molecular formula is C18H12BrNO3S. The number of fused-ring (bicyclic) bond motifs is 1. The van der Waals surface area contributed by atoms with E-state index in [9.17, 15) is 13.7 Å². The molecule has 24 heavy (non-hydrogen) atoms. The van der Waals surface area contributed by atoms with Gasteiger partial charge in [-0.05, 0) is 48.1 Å². The highest BCUT2D eigenvalue weighted by molar-refractivity contribution is 9.10. The molecule has 1 aliphatic rings. The van der Waals surface area contributed by atoms with Crippen LogP contribution in [0.5, 0.6) is 5.75 Å². The van der Waals surface area contributed by atoms with Gasteiger partial charge in [0, 0.05) is 10.0 Å². The molecule has 6 heteroatoms. The van der Waals surface area contributed by atoms with Crippen molar-refractivity contribution >= 4 is 31.8 Å². The van der Waals surface area contributed by atoms with Gasteiger partial charge in [-0.25, -0.2) is 8.42 Å². The second-order valence-corrected chi connectivity index (χ2v) is 7.96. The highest BCUT2D eigenvalue weighted by atomic mass is 79.9. The van der Waals surface area contributed by atoms with Gasteiger partial charge in [0.15, 0.2) is 0 Å². The molecule has 2 aromatic rings. The molecule has 0 saturated heterocycles. The summed E-state index contributed by atoms with van der Waals surface area (Å²) in [6.07, 6.45) is 3.20. The molecule has 0 bridgehead atoms. The van der Waals surface area contributed by atoms with Crippen LogP contribution in [0.3, 0.4) is 0 Å². The number of hydrogen-bond acceptors (Lipinski definition) is 4. The van der Waals surface area contributed by atoms with E-state index >= 15 is 0 Å². The number of benzene rings is 2. The third-order valence-corrected chi connectivity index (χ3v) is 5.70. The van der Waals surface area contributed by atoms with Gasteiger partial charge in [0.05, 0.1) is 4.90 Å². The predicted octanol–water partition coefficient (Wildman–Crippen LogP) is 4.11. The molecular weight excluding hydrogens is 390 g/mol. The van der Waals surface area contributed by atoms with E-state index in [0.717, 1.165) is 15.8 Å². The molecule has 0 unspecified atom stereocenters. The Hall–Kier alpha value is -2.36. The zero-order valence-corrected chi connectivity index (χ0v) is 14.8. The summed E-state index contributed by atoms with van der Waals surface area (Å²) in [5.41, 5.74) is 1.49. The summed E-state index contributed by atoms with van der Waals surface area (Å²) in [4.78, 5) is -0.227. The lowest BCUT2D eigenvalue weighted by atomic mass is 10.1. The quantitative estimate of drug-likeness (QED) is 0.725. The average Bonchev–Trinajstić information content (AvgIpc) is 2.59. The van der Waals surface area contributed by atoms with Crippen LogP contribution in [0.2, 0.25) is 0 Å². The highest BCUT2D eigenvalue weighted by Gasteiger charge is 2.22. The van der Waals surface area contributed by atoms with Crippen LogP contribution in [-0.2, 0) is 9.84 Å². The minimum atomic E-state index is -3.86. The van der Waals surface area contributed by atoms with Crippen molar-refractivity contribution in [2.75, 3.05) is 6.61 Å². The van der Waals surface area contributed by atoms with Gasteiger partial charge >= 0.3 is 0 Å². The SMILES string of the molecule is N#C/C(=C\C1=Cc2ccccc2OC1)S(=O)(=O)c1ccc(Br)cc1. The molecule has 0 saturated carbocycles. The molecule has 1 heterocycles. The molecule has 0 atom stereocenters. The van der Waals surface area contributed by atoms with E-state index in [0.29, 0.717) is 5.57 Å². The van der Waals surface area contributed by atoms with E-state index in [2.05, 4.69) is 15.9 Å². The van der Waals surface area contributed by atoms with Crippen molar-refractivity contribution in [3.8, 4) is 11.8 Å². The molecule has 0 fully saturated rings. The van der Waals surface area contributed by atoms with Crippen molar-refractivity contribution in [2.24, 2.45) is 0 Å². The Morgan fingerprint density at radius 3 is 2.58 bits per heavy atom. The summed E-state index contributed by atoms with van der Waals surface area (Å²) in [5, 5.41) is 9.33. The maximum Gasteiger partial charge on any atom is 0.216 e. The first kappa shape index (κ1) is 16.5. The number of halogens is 1. The third-order valence-electron chi connectivity index (χ3n) is 3.49. The third kappa shape index (κ3) is 3.28. The standard InChI is InChI=1S/C18H12BrNO3S/c19-15-5-7-16(8-6-15)24(21,22)17(11-20)10-13-9-14-3-1-2-4-18(14)23-12-13/h1-10H,12H2/b17-10+. The van der Waals surface area contributed by atoms with E-state index in [4.69, 9.17) is 4.74 Å². The molecule has 4 nitrogen and oxygen atoms in total. The first-order valence-corrected chi connectivity index (χ1v) is 9.33. The Labute approximate surface area is 148 Å². The van der Waals surface area contributed by atoms with Crippen molar-refractivity contribution in [1.82, 2.24) is 0 Å². The lowest BCUT2D eigenvalue weighted by Gasteiger charge is -2.16. The number of para-hydroxylation sites is 1. The van der Waals surface area contributed by atoms with Gasteiger partial charge in [-0.3, -0.25) is 0 Å². The Bertz CT molecular complexity index is 984. The maximum atomic E-state index is 12.6. The average molecular weight is 402 g/mol. The largest absolute Gasteiger partial charge is 0.488 e. The highest BCUT2D eigenvalue weighted by Crippen LogP contribution is 2.28. The minimum Gasteiger partial charge on any atom is -0.488 e. The number of sulfone groups is 1. The van der Waals surface area contributed by atoms with Crippen LogP contribution in [0, 0.1) is 11.3 Å². The Balaban J connectivity index is 2.00. The van der Waals surface area contributed by atoms with E-state index in [1.807, 2.05) is 30.3 Å². The lowest BCUT2D eigenvalue weighted by Crippen LogP contribution is -2.09. The van der Waals surface area contributed by atoms with Crippen molar-refractivity contribution in [1.29, 1.82) is 5.26 Å². The maximum absolute atomic E-state index is 12.6. The van der Waals surface area contributed by atoms with Crippen LogP contribution in [0.1, 0.15) is 5.56 Å². The van der Waals surface area contributed by atoms with E-state index in [-0.39, 0.29) is 16.4 Å².